The first kappa shape index (κ1) is 21.4. The molecule has 2 heterocycles. The summed E-state index contributed by atoms with van der Waals surface area (Å²) in [6, 6.07) is 15.2. The molecular weight excluding hydrogens is 415 g/mol. The predicted octanol–water partition coefficient (Wildman–Crippen LogP) is 4.23. The second kappa shape index (κ2) is 9.21. The minimum absolute atomic E-state index is 0.00815. The molecular formula is C27H27FN4O. The highest BCUT2D eigenvalue weighted by molar-refractivity contribution is 6.01. The second-order valence-electron chi connectivity index (χ2n) is 8.99. The minimum atomic E-state index is -0.561. The molecule has 1 atom stereocenters. The van der Waals surface area contributed by atoms with Crippen LogP contribution in [0.2, 0.25) is 0 Å². The highest BCUT2D eigenvalue weighted by Crippen LogP contribution is 2.38. The van der Waals surface area contributed by atoms with E-state index in [4.69, 9.17) is 5.26 Å². The summed E-state index contributed by atoms with van der Waals surface area (Å²) in [5, 5.41) is 15.5. The number of amides is 1. The van der Waals surface area contributed by atoms with Gasteiger partial charge in [-0.05, 0) is 67.6 Å². The number of nitriles is 1. The summed E-state index contributed by atoms with van der Waals surface area (Å²) < 4.78 is 14.5. The van der Waals surface area contributed by atoms with Gasteiger partial charge in [-0.1, -0.05) is 30.7 Å². The van der Waals surface area contributed by atoms with Crippen molar-refractivity contribution in [3.8, 4) is 6.07 Å². The third kappa shape index (κ3) is 4.42. The number of carbonyl (C=O) groups excluding carboxylic acids is 1. The van der Waals surface area contributed by atoms with Crippen LogP contribution in [0.3, 0.4) is 0 Å². The van der Waals surface area contributed by atoms with E-state index in [0.29, 0.717) is 23.6 Å². The van der Waals surface area contributed by atoms with Crippen LogP contribution in [-0.2, 0) is 4.79 Å². The summed E-state index contributed by atoms with van der Waals surface area (Å²) in [6.45, 7) is 2.18. The Morgan fingerprint density at radius 3 is 2.61 bits per heavy atom. The van der Waals surface area contributed by atoms with Crippen LogP contribution in [0.5, 0.6) is 0 Å². The van der Waals surface area contributed by atoms with Crippen LogP contribution in [0, 0.1) is 17.1 Å². The van der Waals surface area contributed by atoms with E-state index in [1.807, 2.05) is 18.2 Å². The van der Waals surface area contributed by atoms with Gasteiger partial charge in [-0.3, -0.25) is 4.79 Å². The van der Waals surface area contributed by atoms with Crippen LogP contribution in [0.15, 0.2) is 60.2 Å². The van der Waals surface area contributed by atoms with Crippen molar-refractivity contribution >= 4 is 17.3 Å². The average molecular weight is 443 g/mol. The molecule has 5 rings (SSSR count). The van der Waals surface area contributed by atoms with Gasteiger partial charge in [-0.15, -0.1) is 0 Å². The molecule has 1 unspecified atom stereocenters. The van der Waals surface area contributed by atoms with Crippen LogP contribution >= 0.6 is 0 Å². The summed E-state index contributed by atoms with van der Waals surface area (Å²) in [5.41, 5.74) is 4.31. The fraction of sp³-hybridized carbons (Fsp3) is 0.333. The number of benzene rings is 2. The molecule has 2 fully saturated rings. The first-order valence-electron chi connectivity index (χ1n) is 11.6. The summed E-state index contributed by atoms with van der Waals surface area (Å²) in [6.07, 6.45) is 8.44. The lowest BCUT2D eigenvalue weighted by Crippen LogP contribution is -2.38. The molecule has 2 aliphatic heterocycles. The van der Waals surface area contributed by atoms with Crippen molar-refractivity contribution in [2.75, 3.05) is 24.5 Å². The molecule has 1 aliphatic carbocycles. The maximum absolute atomic E-state index is 14.5. The van der Waals surface area contributed by atoms with E-state index in [1.54, 1.807) is 6.07 Å². The molecule has 2 N–H and O–H groups in total. The van der Waals surface area contributed by atoms with Gasteiger partial charge in [0.15, 0.2) is 0 Å². The van der Waals surface area contributed by atoms with Crippen molar-refractivity contribution in [3.63, 3.8) is 0 Å². The summed E-state index contributed by atoms with van der Waals surface area (Å²) >= 11 is 0. The van der Waals surface area contributed by atoms with Crippen molar-refractivity contribution in [1.29, 1.82) is 5.26 Å². The Labute approximate surface area is 193 Å². The normalized spacial score (nSPS) is 20.5. The van der Waals surface area contributed by atoms with Gasteiger partial charge in [0.05, 0.1) is 5.56 Å². The fourth-order valence-electron chi connectivity index (χ4n) is 4.69. The second-order valence-corrected chi connectivity index (χ2v) is 8.99. The molecule has 2 aromatic rings. The topological polar surface area (TPSA) is 68.2 Å². The molecule has 5 nitrogen and oxygen atoms in total. The van der Waals surface area contributed by atoms with Crippen molar-refractivity contribution < 1.29 is 9.18 Å². The Balaban J connectivity index is 1.46. The lowest BCUT2D eigenvalue weighted by molar-refractivity contribution is -0.117. The van der Waals surface area contributed by atoms with Gasteiger partial charge >= 0.3 is 0 Å². The van der Waals surface area contributed by atoms with Gasteiger partial charge in [0.1, 0.15) is 11.9 Å². The lowest BCUT2D eigenvalue weighted by Gasteiger charge is -2.31. The molecule has 2 aromatic carbocycles. The van der Waals surface area contributed by atoms with E-state index in [9.17, 15) is 9.18 Å². The van der Waals surface area contributed by atoms with Gasteiger partial charge in [-0.25, -0.2) is 4.39 Å². The van der Waals surface area contributed by atoms with E-state index < -0.39 is 5.82 Å². The molecule has 3 aliphatic rings. The van der Waals surface area contributed by atoms with E-state index in [2.05, 4.69) is 39.8 Å². The Bertz CT molecular complexity index is 1150. The molecule has 6 heteroatoms. The van der Waals surface area contributed by atoms with Crippen LogP contribution in [-0.4, -0.2) is 31.6 Å². The Hall–Kier alpha value is -3.43. The number of carbonyl (C=O) groups is 1. The van der Waals surface area contributed by atoms with Gasteiger partial charge in [0.2, 0.25) is 0 Å². The monoisotopic (exact) mass is 442 g/mol. The number of rotatable bonds is 5. The summed E-state index contributed by atoms with van der Waals surface area (Å²) in [5.74, 6) is -0.0209. The van der Waals surface area contributed by atoms with Crippen molar-refractivity contribution in [2.45, 2.75) is 37.6 Å². The smallest absolute Gasteiger partial charge is 0.251 e. The zero-order chi connectivity index (χ0) is 22.8. The predicted molar refractivity (Wildman–Crippen MR) is 127 cm³/mol. The van der Waals surface area contributed by atoms with Crippen molar-refractivity contribution in [2.24, 2.45) is 0 Å². The maximum atomic E-state index is 14.5. The molecule has 1 amide bonds. The zero-order valence-electron chi connectivity index (χ0n) is 18.5. The number of halogens is 1. The molecule has 1 saturated carbocycles. The third-order valence-corrected chi connectivity index (χ3v) is 6.90. The maximum Gasteiger partial charge on any atom is 0.251 e. The first-order valence-corrected chi connectivity index (χ1v) is 11.6. The zero-order valence-corrected chi connectivity index (χ0v) is 18.5. The molecule has 0 bridgehead atoms. The fourth-order valence-corrected chi connectivity index (χ4v) is 4.69. The Morgan fingerprint density at radius 2 is 1.97 bits per heavy atom. The Kier molecular flexibility index (Phi) is 5.97. The van der Waals surface area contributed by atoms with Gasteiger partial charge in [-0.2, -0.15) is 5.26 Å². The van der Waals surface area contributed by atoms with Crippen LogP contribution in [0.1, 0.15) is 48.3 Å². The summed E-state index contributed by atoms with van der Waals surface area (Å²) in [7, 11) is 0. The highest BCUT2D eigenvalue weighted by atomic mass is 19.1. The lowest BCUT2D eigenvalue weighted by atomic mass is 9.80. The van der Waals surface area contributed by atoms with Gasteiger partial charge in [0, 0.05) is 41.7 Å². The number of nitrogens with zero attached hydrogens (tertiary/aromatic N) is 2. The standard InChI is InChI=1S/C27H27FN4O/c28-25-14-20(4-5-22(25)16-29)26-15-21(27(33)31-23-10-12-30-17-23)11-13-32(26)24-8-6-19(7-9-24)18-2-1-3-18/h4-9,11,14-15,18,23,30H,1-3,10,12-13,17H2,(H,31,33). The highest BCUT2D eigenvalue weighted by Gasteiger charge is 2.25. The van der Waals surface area contributed by atoms with E-state index in [0.717, 1.165) is 30.9 Å². The first-order chi connectivity index (χ1) is 16.1. The average Bonchev–Trinajstić information content (AvgIpc) is 3.31. The van der Waals surface area contributed by atoms with E-state index >= 15 is 0 Å². The molecule has 0 spiro atoms. The Morgan fingerprint density at radius 1 is 1.15 bits per heavy atom. The molecule has 168 valence electrons. The minimum Gasteiger partial charge on any atom is -0.348 e. The number of anilines is 1. The van der Waals surface area contributed by atoms with Crippen molar-refractivity contribution in [1.82, 2.24) is 10.6 Å². The molecule has 0 radical (unpaired) electrons. The van der Waals surface area contributed by atoms with E-state index in [1.165, 1.54) is 37.0 Å². The molecule has 1 saturated heterocycles. The number of hydrogen-bond donors (Lipinski definition) is 2. The number of nitrogens with one attached hydrogen (secondary N) is 2. The summed E-state index contributed by atoms with van der Waals surface area (Å²) in [4.78, 5) is 15.0. The van der Waals surface area contributed by atoms with Crippen LogP contribution in [0.25, 0.3) is 5.70 Å². The number of hydrogen-bond acceptors (Lipinski definition) is 4. The van der Waals surface area contributed by atoms with Crippen LogP contribution < -0.4 is 15.5 Å². The molecule has 33 heavy (non-hydrogen) atoms. The third-order valence-electron chi connectivity index (χ3n) is 6.90. The van der Waals surface area contributed by atoms with Crippen LogP contribution in [0.4, 0.5) is 10.1 Å². The van der Waals surface area contributed by atoms with Gasteiger partial charge < -0.3 is 15.5 Å². The van der Waals surface area contributed by atoms with Crippen molar-refractivity contribution in [3.05, 3.63) is 82.7 Å². The SMILES string of the molecule is N#Cc1ccc(C2=CC(C(=O)NC3CCNC3)=CCN2c2ccc(C3CCC3)cc2)cc1F. The molecule has 0 aromatic heterocycles. The quantitative estimate of drug-likeness (QED) is 0.727. The largest absolute Gasteiger partial charge is 0.348 e. The van der Waals surface area contributed by atoms with Gasteiger partial charge in [0.25, 0.3) is 5.91 Å². The van der Waals surface area contributed by atoms with E-state index in [-0.39, 0.29) is 17.5 Å².